The molecule has 0 unspecified atom stereocenters. The van der Waals surface area contributed by atoms with Crippen molar-refractivity contribution >= 4 is 11.9 Å². The number of aromatic amines is 1. The van der Waals surface area contributed by atoms with E-state index in [0.29, 0.717) is 11.3 Å². The second kappa shape index (κ2) is 3.21. The molecule has 4 nitrogen and oxygen atoms in total. The Bertz CT molecular complexity index is 354. The summed E-state index contributed by atoms with van der Waals surface area (Å²) in [5.74, 6) is 0. The molecule has 64 valence electrons. The zero-order chi connectivity index (χ0) is 9.14. The number of aryl methyl sites for hydroxylation is 1. The van der Waals surface area contributed by atoms with Gasteiger partial charge in [0.2, 0.25) is 0 Å². The van der Waals surface area contributed by atoms with Gasteiger partial charge in [0.25, 0.3) is 5.56 Å². The highest BCUT2D eigenvalue weighted by Gasteiger charge is 2.02. The topological polar surface area (TPSA) is 68.7 Å². The number of aromatic nitrogens is 1. The van der Waals surface area contributed by atoms with Crippen LogP contribution in [0.2, 0.25) is 0 Å². The van der Waals surface area contributed by atoms with Crippen molar-refractivity contribution in [2.45, 2.75) is 6.92 Å². The summed E-state index contributed by atoms with van der Waals surface area (Å²) < 4.78 is 0. The van der Waals surface area contributed by atoms with E-state index < -0.39 is 0 Å². The summed E-state index contributed by atoms with van der Waals surface area (Å²) in [5, 5.41) is 9.87. The second-order valence-electron chi connectivity index (χ2n) is 2.50. The lowest BCUT2D eigenvalue weighted by Crippen LogP contribution is -2.15. The minimum absolute atomic E-state index is 0.227. The zero-order valence-corrected chi connectivity index (χ0v) is 7.06. The Balaban J connectivity index is 3.44. The SMILES string of the molecule is CNc1cc(C)[nH]c(=O)c1C=N. The molecule has 0 aromatic carbocycles. The van der Waals surface area contributed by atoms with Crippen LogP contribution in [0.3, 0.4) is 0 Å². The average Bonchev–Trinajstić information content (AvgIpc) is 2.03. The number of hydrogen-bond acceptors (Lipinski definition) is 3. The maximum atomic E-state index is 11.2. The summed E-state index contributed by atoms with van der Waals surface area (Å²) >= 11 is 0. The Kier molecular flexibility index (Phi) is 2.28. The smallest absolute Gasteiger partial charge is 0.259 e. The van der Waals surface area contributed by atoms with E-state index in [0.717, 1.165) is 11.9 Å². The number of hydrogen-bond donors (Lipinski definition) is 3. The highest BCUT2D eigenvalue weighted by molar-refractivity contribution is 5.85. The van der Waals surface area contributed by atoms with E-state index in [1.807, 2.05) is 0 Å². The van der Waals surface area contributed by atoms with Crippen LogP contribution in [-0.4, -0.2) is 18.2 Å². The highest BCUT2D eigenvalue weighted by Crippen LogP contribution is 2.08. The quantitative estimate of drug-likeness (QED) is 0.565. The molecule has 0 saturated heterocycles. The molecule has 0 spiro atoms. The van der Waals surface area contributed by atoms with Crippen molar-refractivity contribution in [3.8, 4) is 0 Å². The first kappa shape index (κ1) is 8.52. The van der Waals surface area contributed by atoms with Gasteiger partial charge in [-0.3, -0.25) is 4.79 Å². The van der Waals surface area contributed by atoms with Gasteiger partial charge in [0.05, 0.1) is 5.56 Å². The Morgan fingerprint density at radius 1 is 1.67 bits per heavy atom. The van der Waals surface area contributed by atoms with Crippen molar-refractivity contribution in [1.82, 2.24) is 4.98 Å². The van der Waals surface area contributed by atoms with Crippen molar-refractivity contribution in [3.63, 3.8) is 0 Å². The van der Waals surface area contributed by atoms with Gasteiger partial charge in [-0.1, -0.05) is 0 Å². The Morgan fingerprint density at radius 3 is 2.83 bits per heavy atom. The van der Waals surface area contributed by atoms with Crippen LogP contribution in [-0.2, 0) is 0 Å². The van der Waals surface area contributed by atoms with Gasteiger partial charge in [-0.15, -0.1) is 0 Å². The first-order chi connectivity index (χ1) is 5.69. The maximum Gasteiger partial charge on any atom is 0.259 e. The van der Waals surface area contributed by atoms with Crippen LogP contribution in [0.15, 0.2) is 10.9 Å². The first-order valence-corrected chi connectivity index (χ1v) is 3.61. The molecule has 0 aliphatic rings. The summed E-state index contributed by atoms with van der Waals surface area (Å²) in [7, 11) is 1.72. The Morgan fingerprint density at radius 2 is 2.33 bits per heavy atom. The normalized spacial score (nSPS) is 9.50. The summed E-state index contributed by atoms with van der Waals surface area (Å²) in [4.78, 5) is 13.8. The van der Waals surface area contributed by atoms with Crippen LogP contribution in [0.4, 0.5) is 5.69 Å². The summed E-state index contributed by atoms with van der Waals surface area (Å²) in [6.45, 7) is 1.80. The van der Waals surface area contributed by atoms with Crippen molar-refractivity contribution in [2.75, 3.05) is 12.4 Å². The largest absolute Gasteiger partial charge is 0.387 e. The van der Waals surface area contributed by atoms with Crippen LogP contribution < -0.4 is 10.9 Å². The molecule has 1 aromatic heterocycles. The lowest BCUT2D eigenvalue weighted by Gasteiger charge is -2.04. The van der Waals surface area contributed by atoms with Gasteiger partial charge in [-0.25, -0.2) is 0 Å². The standard InChI is InChI=1S/C8H11N3O/c1-5-3-7(10-2)6(4-9)8(12)11-5/h3-4,9H,1-2H3,(H2,10,11,12). The van der Waals surface area contributed by atoms with E-state index in [1.54, 1.807) is 20.0 Å². The molecule has 1 heterocycles. The molecule has 0 aliphatic carbocycles. The lowest BCUT2D eigenvalue weighted by molar-refractivity contribution is 1.13. The molecule has 0 amide bonds. The predicted octanol–water partition coefficient (Wildman–Crippen LogP) is 0.723. The number of pyridine rings is 1. The molecule has 0 atom stereocenters. The maximum absolute atomic E-state index is 11.2. The van der Waals surface area contributed by atoms with Crippen molar-refractivity contribution in [1.29, 1.82) is 5.41 Å². The molecule has 0 saturated carbocycles. The Hall–Kier alpha value is -1.58. The van der Waals surface area contributed by atoms with Gasteiger partial charge in [0.15, 0.2) is 0 Å². The zero-order valence-electron chi connectivity index (χ0n) is 7.06. The Labute approximate surface area is 70.1 Å². The lowest BCUT2D eigenvalue weighted by atomic mass is 10.2. The number of H-pyrrole nitrogens is 1. The summed E-state index contributed by atoms with van der Waals surface area (Å²) in [6.07, 6.45) is 1.05. The highest BCUT2D eigenvalue weighted by atomic mass is 16.1. The molecule has 12 heavy (non-hydrogen) atoms. The molecule has 0 radical (unpaired) electrons. The van der Waals surface area contributed by atoms with Crippen LogP contribution in [0.25, 0.3) is 0 Å². The second-order valence-corrected chi connectivity index (χ2v) is 2.50. The van der Waals surface area contributed by atoms with Gasteiger partial charge in [-0.05, 0) is 13.0 Å². The number of anilines is 1. The molecule has 1 rings (SSSR count). The molecule has 3 N–H and O–H groups in total. The van der Waals surface area contributed by atoms with E-state index in [4.69, 9.17) is 5.41 Å². The van der Waals surface area contributed by atoms with E-state index >= 15 is 0 Å². The van der Waals surface area contributed by atoms with E-state index in [1.165, 1.54) is 0 Å². The van der Waals surface area contributed by atoms with Gasteiger partial charge < -0.3 is 15.7 Å². The van der Waals surface area contributed by atoms with E-state index in [2.05, 4.69) is 10.3 Å². The third kappa shape index (κ3) is 1.37. The summed E-state index contributed by atoms with van der Waals surface area (Å²) in [5.41, 5.74) is 1.61. The molecule has 0 bridgehead atoms. The third-order valence-corrected chi connectivity index (χ3v) is 1.62. The van der Waals surface area contributed by atoms with Crippen molar-refractivity contribution in [2.24, 2.45) is 0 Å². The van der Waals surface area contributed by atoms with Crippen LogP contribution in [0.1, 0.15) is 11.3 Å². The van der Waals surface area contributed by atoms with Gasteiger partial charge in [0, 0.05) is 24.6 Å². The van der Waals surface area contributed by atoms with Crippen LogP contribution >= 0.6 is 0 Å². The fourth-order valence-corrected chi connectivity index (χ4v) is 1.05. The molecular formula is C8H11N3O. The first-order valence-electron chi connectivity index (χ1n) is 3.61. The molecule has 4 heteroatoms. The van der Waals surface area contributed by atoms with E-state index in [-0.39, 0.29) is 5.56 Å². The fourth-order valence-electron chi connectivity index (χ4n) is 1.05. The minimum atomic E-state index is -0.227. The molecule has 1 aromatic rings. The summed E-state index contributed by atoms with van der Waals surface area (Å²) in [6, 6.07) is 1.79. The van der Waals surface area contributed by atoms with Crippen LogP contribution in [0, 0.1) is 12.3 Å². The fraction of sp³-hybridized carbons (Fsp3) is 0.250. The number of rotatable bonds is 2. The molecule has 0 fully saturated rings. The van der Waals surface area contributed by atoms with E-state index in [9.17, 15) is 4.79 Å². The minimum Gasteiger partial charge on any atom is -0.387 e. The van der Waals surface area contributed by atoms with Crippen molar-refractivity contribution in [3.05, 3.63) is 27.7 Å². The molecular weight excluding hydrogens is 154 g/mol. The monoisotopic (exact) mass is 165 g/mol. The average molecular weight is 165 g/mol. The van der Waals surface area contributed by atoms with Crippen LogP contribution in [0.5, 0.6) is 0 Å². The predicted molar refractivity (Wildman–Crippen MR) is 49.2 cm³/mol. The van der Waals surface area contributed by atoms with Gasteiger partial charge in [-0.2, -0.15) is 0 Å². The van der Waals surface area contributed by atoms with Crippen molar-refractivity contribution < 1.29 is 0 Å². The molecule has 0 aliphatic heterocycles. The third-order valence-electron chi connectivity index (χ3n) is 1.62. The number of nitrogens with one attached hydrogen (secondary N) is 3. The van der Waals surface area contributed by atoms with Gasteiger partial charge in [0.1, 0.15) is 0 Å². The van der Waals surface area contributed by atoms with Gasteiger partial charge >= 0.3 is 0 Å².